The summed E-state index contributed by atoms with van der Waals surface area (Å²) in [6, 6.07) is 17.5. The Hall–Kier alpha value is -0.680. The van der Waals surface area contributed by atoms with Crippen LogP contribution in [0.25, 0.3) is 12.2 Å². The number of benzene rings is 2. The first kappa shape index (κ1) is 21.0. The van der Waals surface area contributed by atoms with Gasteiger partial charge in [0.15, 0.2) is 0 Å². The Morgan fingerprint density at radius 3 is 1.93 bits per heavy atom. The van der Waals surface area contributed by atoms with Gasteiger partial charge in [-0.05, 0) is 28.8 Å². The molecular formula is C23H26S4. The molecule has 0 spiro atoms. The molecule has 1 aliphatic heterocycles. The molecule has 0 radical (unpaired) electrons. The molecule has 0 bridgehead atoms. The lowest BCUT2D eigenvalue weighted by Crippen LogP contribution is -2.24. The topological polar surface area (TPSA) is 0 Å². The third-order valence-corrected chi connectivity index (χ3v) is 10.4. The zero-order chi connectivity index (χ0) is 18.9. The molecule has 4 heteroatoms. The van der Waals surface area contributed by atoms with E-state index in [1.807, 2.05) is 23.9 Å². The quantitative estimate of drug-likeness (QED) is 0.385. The van der Waals surface area contributed by atoms with Crippen molar-refractivity contribution >= 4 is 59.2 Å². The number of rotatable bonds is 9. The molecule has 2 unspecified atom stereocenters. The van der Waals surface area contributed by atoms with Gasteiger partial charge in [-0.2, -0.15) is 35.3 Å². The molecule has 0 aromatic heterocycles. The average Bonchev–Trinajstić information content (AvgIpc) is 2.74. The van der Waals surface area contributed by atoms with Gasteiger partial charge in [-0.1, -0.05) is 61.7 Å². The molecular weight excluding hydrogens is 405 g/mol. The normalized spacial score (nSPS) is 19.6. The van der Waals surface area contributed by atoms with Crippen LogP contribution in [0.15, 0.2) is 66.6 Å². The zero-order valence-corrected chi connectivity index (χ0v) is 18.8. The molecule has 27 heavy (non-hydrogen) atoms. The Bertz CT molecular complexity index is 713. The largest absolute Gasteiger partial charge is 0.156 e. The molecule has 0 N–H and O–H groups in total. The molecule has 1 saturated heterocycles. The van der Waals surface area contributed by atoms with Crippen molar-refractivity contribution in [2.75, 3.05) is 23.0 Å². The molecule has 1 fully saturated rings. The molecule has 0 aliphatic carbocycles. The van der Waals surface area contributed by atoms with E-state index in [0.29, 0.717) is 0 Å². The molecule has 2 atom stereocenters. The van der Waals surface area contributed by atoms with E-state index in [1.165, 1.54) is 44.6 Å². The third kappa shape index (κ3) is 7.01. The highest BCUT2D eigenvalue weighted by Gasteiger charge is 2.22. The average molecular weight is 431 g/mol. The first-order chi connectivity index (χ1) is 13.3. The second-order valence-electron chi connectivity index (χ2n) is 6.46. The summed E-state index contributed by atoms with van der Waals surface area (Å²) in [6.07, 6.45) is 3.80. The van der Waals surface area contributed by atoms with Crippen LogP contribution in [0.5, 0.6) is 0 Å². The van der Waals surface area contributed by atoms with E-state index in [9.17, 15) is 0 Å². The molecule has 2 aromatic carbocycles. The second kappa shape index (κ2) is 11.4. The van der Waals surface area contributed by atoms with Gasteiger partial charge in [-0.25, -0.2) is 0 Å². The summed E-state index contributed by atoms with van der Waals surface area (Å²) >= 11 is 8.39. The number of thioether (sulfide) groups is 4. The van der Waals surface area contributed by atoms with E-state index in [2.05, 4.69) is 97.0 Å². The lowest BCUT2D eigenvalue weighted by atomic mass is 10.1. The van der Waals surface area contributed by atoms with Gasteiger partial charge < -0.3 is 0 Å². The van der Waals surface area contributed by atoms with Crippen LogP contribution in [0.4, 0.5) is 0 Å². The second-order valence-corrected chi connectivity index (χ2v) is 11.2. The van der Waals surface area contributed by atoms with E-state index in [4.69, 9.17) is 0 Å². The van der Waals surface area contributed by atoms with Crippen molar-refractivity contribution in [3.8, 4) is 0 Å². The summed E-state index contributed by atoms with van der Waals surface area (Å²) in [4.78, 5) is 1.37. The summed E-state index contributed by atoms with van der Waals surface area (Å²) in [5, 5.41) is 1.56. The minimum Gasteiger partial charge on any atom is -0.156 e. The first-order valence-corrected chi connectivity index (χ1v) is 13.4. The fourth-order valence-corrected chi connectivity index (χ4v) is 8.49. The molecule has 2 aromatic rings. The highest BCUT2D eigenvalue weighted by molar-refractivity contribution is 8.09. The molecule has 0 nitrogen and oxygen atoms in total. The van der Waals surface area contributed by atoms with Gasteiger partial charge in [-0.15, -0.1) is 11.8 Å². The Kier molecular flexibility index (Phi) is 8.85. The highest BCUT2D eigenvalue weighted by Crippen LogP contribution is 2.35. The van der Waals surface area contributed by atoms with E-state index < -0.39 is 0 Å². The van der Waals surface area contributed by atoms with E-state index in [0.717, 1.165) is 16.3 Å². The van der Waals surface area contributed by atoms with Crippen molar-refractivity contribution in [3.63, 3.8) is 0 Å². The minimum atomic E-state index is 0.770. The van der Waals surface area contributed by atoms with Crippen LogP contribution in [0.3, 0.4) is 0 Å². The summed E-state index contributed by atoms with van der Waals surface area (Å²) in [7, 11) is 0. The van der Waals surface area contributed by atoms with Crippen LogP contribution < -0.4 is 0 Å². The standard InChI is InChI=1S/C23H26S4/c1-3-18-5-7-20(8-6-18)13-24-14-22-15-27-23(17-26-22)16-25-21-11-9-19(4-2)10-12-21/h3-12,22-23H,1-2,13-17H2. The minimum absolute atomic E-state index is 0.770. The van der Waals surface area contributed by atoms with E-state index in [1.54, 1.807) is 0 Å². The van der Waals surface area contributed by atoms with E-state index >= 15 is 0 Å². The van der Waals surface area contributed by atoms with Crippen LogP contribution in [0.2, 0.25) is 0 Å². The molecule has 1 heterocycles. The van der Waals surface area contributed by atoms with Gasteiger partial charge >= 0.3 is 0 Å². The van der Waals surface area contributed by atoms with Crippen molar-refractivity contribution < 1.29 is 0 Å². The van der Waals surface area contributed by atoms with Crippen LogP contribution in [0.1, 0.15) is 16.7 Å². The summed E-state index contributed by atoms with van der Waals surface area (Å²) in [5.74, 6) is 6.14. The van der Waals surface area contributed by atoms with Crippen molar-refractivity contribution in [3.05, 3.63) is 78.4 Å². The van der Waals surface area contributed by atoms with Crippen molar-refractivity contribution in [2.45, 2.75) is 21.1 Å². The van der Waals surface area contributed by atoms with Gasteiger partial charge in [0, 0.05) is 44.2 Å². The van der Waals surface area contributed by atoms with Gasteiger partial charge in [-0.3, -0.25) is 0 Å². The SMILES string of the molecule is C=Cc1ccc(CSCC2CSC(CSc3ccc(C=C)cc3)CS2)cc1. The molecule has 1 aliphatic rings. The van der Waals surface area contributed by atoms with Gasteiger partial charge in [0.2, 0.25) is 0 Å². The van der Waals surface area contributed by atoms with Gasteiger partial charge in [0.05, 0.1) is 0 Å². The lowest BCUT2D eigenvalue weighted by molar-refractivity contribution is 1.06. The number of hydrogen-bond acceptors (Lipinski definition) is 4. The predicted molar refractivity (Wildman–Crippen MR) is 132 cm³/mol. The van der Waals surface area contributed by atoms with Gasteiger partial charge in [0.25, 0.3) is 0 Å². The summed E-state index contributed by atoms with van der Waals surface area (Å²) < 4.78 is 0. The molecule has 3 rings (SSSR count). The van der Waals surface area contributed by atoms with Crippen molar-refractivity contribution in [2.24, 2.45) is 0 Å². The van der Waals surface area contributed by atoms with Gasteiger partial charge in [0.1, 0.15) is 0 Å². The van der Waals surface area contributed by atoms with Crippen molar-refractivity contribution in [1.82, 2.24) is 0 Å². The summed E-state index contributed by atoms with van der Waals surface area (Å²) in [5.41, 5.74) is 3.80. The fourth-order valence-electron chi connectivity index (χ4n) is 2.72. The third-order valence-electron chi connectivity index (χ3n) is 4.38. The summed E-state index contributed by atoms with van der Waals surface area (Å²) in [6.45, 7) is 7.63. The number of hydrogen-bond donors (Lipinski definition) is 0. The monoisotopic (exact) mass is 430 g/mol. The Labute approximate surface area is 181 Å². The highest BCUT2D eigenvalue weighted by atomic mass is 32.2. The van der Waals surface area contributed by atoms with Crippen LogP contribution >= 0.6 is 47.0 Å². The smallest absolute Gasteiger partial charge is 0.0232 e. The van der Waals surface area contributed by atoms with Crippen LogP contribution in [-0.4, -0.2) is 33.5 Å². The van der Waals surface area contributed by atoms with Crippen LogP contribution in [-0.2, 0) is 5.75 Å². The molecule has 0 saturated carbocycles. The maximum absolute atomic E-state index is 3.81. The van der Waals surface area contributed by atoms with Crippen LogP contribution in [0, 0.1) is 0 Å². The van der Waals surface area contributed by atoms with Crippen molar-refractivity contribution in [1.29, 1.82) is 0 Å². The Balaban J connectivity index is 1.32. The Morgan fingerprint density at radius 2 is 1.37 bits per heavy atom. The molecule has 0 amide bonds. The lowest BCUT2D eigenvalue weighted by Gasteiger charge is -2.27. The Morgan fingerprint density at radius 1 is 0.815 bits per heavy atom. The zero-order valence-electron chi connectivity index (χ0n) is 15.5. The fraction of sp³-hybridized carbons (Fsp3) is 0.304. The predicted octanol–water partition coefficient (Wildman–Crippen LogP) is 7.22. The first-order valence-electron chi connectivity index (χ1n) is 9.14. The van der Waals surface area contributed by atoms with E-state index in [-0.39, 0.29) is 0 Å². The maximum Gasteiger partial charge on any atom is 0.0232 e. The molecule has 142 valence electrons. The maximum atomic E-state index is 3.81.